The Bertz CT molecular complexity index is 736. The van der Waals surface area contributed by atoms with Crippen LogP contribution in [0.15, 0.2) is 30.7 Å². The Hall–Kier alpha value is -2.81. The number of piperazine rings is 1. The van der Waals surface area contributed by atoms with Gasteiger partial charge in [0, 0.05) is 38.9 Å². The smallest absolute Gasteiger partial charge is 0.322 e. The van der Waals surface area contributed by atoms with E-state index in [4.69, 9.17) is 4.74 Å². The van der Waals surface area contributed by atoms with E-state index in [1.54, 1.807) is 19.5 Å². The van der Waals surface area contributed by atoms with Crippen molar-refractivity contribution in [2.75, 3.05) is 64.1 Å². The summed E-state index contributed by atoms with van der Waals surface area (Å²) in [6.45, 7) is 4.47. The van der Waals surface area contributed by atoms with Gasteiger partial charge in [-0.2, -0.15) is 5.10 Å². The molecule has 0 atom stereocenters. The molecule has 9 heteroatoms. The second-order valence-corrected chi connectivity index (χ2v) is 6.76. The summed E-state index contributed by atoms with van der Waals surface area (Å²) in [4.78, 5) is 23.0. The molecule has 0 aromatic carbocycles. The zero-order chi connectivity index (χ0) is 19.2. The van der Waals surface area contributed by atoms with Crippen LogP contribution in [-0.2, 0) is 6.54 Å². The van der Waals surface area contributed by atoms with Gasteiger partial charge in [-0.3, -0.25) is 4.68 Å². The number of methoxy groups -OCH3 is 1. The maximum atomic E-state index is 12.5. The van der Waals surface area contributed by atoms with Gasteiger partial charge in [0.15, 0.2) is 0 Å². The summed E-state index contributed by atoms with van der Waals surface area (Å²) >= 11 is 0. The van der Waals surface area contributed by atoms with Crippen LogP contribution in [0.3, 0.4) is 0 Å². The third-order valence-electron chi connectivity index (χ3n) is 4.51. The summed E-state index contributed by atoms with van der Waals surface area (Å²) in [7, 11) is 5.67. The van der Waals surface area contributed by atoms with Crippen molar-refractivity contribution in [2.45, 2.75) is 6.54 Å². The van der Waals surface area contributed by atoms with E-state index in [1.807, 2.05) is 42.0 Å². The van der Waals surface area contributed by atoms with E-state index in [0.717, 1.165) is 43.4 Å². The molecule has 1 saturated heterocycles. The maximum Gasteiger partial charge on any atom is 0.322 e. The molecule has 3 rings (SSSR count). The van der Waals surface area contributed by atoms with Crippen LogP contribution in [-0.4, -0.2) is 84.5 Å². The van der Waals surface area contributed by atoms with Crippen molar-refractivity contribution in [3.63, 3.8) is 0 Å². The second-order valence-electron chi connectivity index (χ2n) is 6.76. The van der Waals surface area contributed by atoms with Crippen molar-refractivity contribution < 1.29 is 9.53 Å². The van der Waals surface area contributed by atoms with E-state index in [0.29, 0.717) is 13.1 Å². The predicted molar refractivity (Wildman–Crippen MR) is 104 cm³/mol. The Balaban J connectivity index is 1.48. The van der Waals surface area contributed by atoms with Gasteiger partial charge in [-0.1, -0.05) is 0 Å². The van der Waals surface area contributed by atoms with Crippen LogP contribution in [0.1, 0.15) is 0 Å². The highest BCUT2D eigenvalue weighted by atomic mass is 16.5. The maximum absolute atomic E-state index is 12.5. The molecule has 27 heavy (non-hydrogen) atoms. The van der Waals surface area contributed by atoms with Crippen LogP contribution in [0.4, 0.5) is 16.3 Å². The number of aromatic nitrogens is 3. The lowest BCUT2D eigenvalue weighted by Crippen LogP contribution is -2.50. The molecule has 0 radical (unpaired) electrons. The minimum absolute atomic E-state index is 0.0931. The molecule has 1 N–H and O–H groups in total. The number of anilines is 2. The first-order valence-electron chi connectivity index (χ1n) is 9.03. The van der Waals surface area contributed by atoms with Crippen molar-refractivity contribution in [1.29, 1.82) is 0 Å². The molecule has 9 nitrogen and oxygen atoms in total. The van der Waals surface area contributed by atoms with Crippen LogP contribution in [0.25, 0.3) is 0 Å². The molecular weight excluding hydrogens is 346 g/mol. The molecule has 0 aliphatic carbocycles. The number of rotatable bonds is 6. The SMILES string of the molecule is COc1ccc(N2CCN(C(=O)Nc3cnn(CCN(C)C)c3)CC2)nc1. The first-order chi connectivity index (χ1) is 13.0. The van der Waals surface area contributed by atoms with Gasteiger partial charge in [-0.15, -0.1) is 0 Å². The first-order valence-corrected chi connectivity index (χ1v) is 9.03. The van der Waals surface area contributed by atoms with Gasteiger partial charge in [-0.05, 0) is 26.2 Å². The molecule has 2 aromatic rings. The third-order valence-corrected chi connectivity index (χ3v) is 4.51. The highest BCUT2D eigenvalue weighted by Crippen LogP contribution is 2.17. The number of hydrogen-bond acceptors (Lipinski definition) is 6. The average molecular weight is 373 g/mol. The zero-order valence-electron chi connectivity index (χ0n) is 16.1. The van der Waals surface area contributed by atoms with Gasteiger partial charge in [0.05, 0.1) is 31.7 Å². The fourth-order valence-corrected chi connectivity index (χ4v) is 2.87. The molecule has 0 bridgehead atoms. The largest absolute Gasteiger partial charge is 0.495 e. The number of amides is 2. The van der Waals surface area contributed by atoms with Gasteiger partial charge in [-0.25, -0.2) is 9.78 Å². The van der Waals surface area contributed by atoms with E-state index in [1.165, 1.54) is 0 Å². The van der Waals surface area contributed by atoms with Crippen LogP contribution < -0.4 is 15.0 Å². The molecule has 0 unspecified atom stereocenters. The Morgan fingerprint density at radius 1 is 1.22 bits per heavy atom. The number of nitrogens with zero attached hydrogens (tertiary/aromatic N) is 6. The van der Waals surface area contributed by atoms with E-state index in [9.17, 15) is 4.79 Å². The minimum Gasteiger partial charge on any atom is -0.495 e. The molecule has 3 heterocycles. The third kappa shape index (κ3) is 5.10. The highest BCUT2D eigenvalue weighted by Gasteiger charge is 2.22. The fourth-order valence-electron chi connectivity index (χ4n) is 2.87. The number of carbonyl (C=O) groups is 1. The number of hydrogen-bond donors (Lipinski definition) is 1. The van der Waals surface area contributed by atoms with Gasteiger partial charge >= 0.3 is 6.03 Å². The zero-order valence-corrected chi connectivity index (χ0v) is 16.1. The quantitative estimate of drug-likeness (QED) is 0.820. The summed E-state index contributed by atoms with van der Waals surface area (Å²) < 4.78 is 6.98. The van der Waals surface area contributed by atoms with Crippen molar-refractivity contribution in [3.05, 3.63) is 30.7 Å². The molecule has 1 aliphatic rings. The first kappa shape index (κ1) is 19.0. The standard InChI is InChI=1S/C18H27N7O2/c1-22(2)6-11-25-14-15(12-20-25)21-18(26)24-9-7-23(8-10-24)17-5-4-16(27-3)13-19-17/h4-5,12-14H,6-11H2,1-3H3,(H,21,26). The van der Waals surface area contributed by atoms with Crippen LogP contribution >= 0.6 is 0 Å². The van der Waals surface area contributed by atoms with E-state index in [2.05, 4.69) is 25.2 Å². The molecule has 0 spiro atoms. The Morgan fingerprint density at radius 3 is 2.63 bits per heavy atom. The summed E-state index contributed by atoms with van der Waals surface area (Å²) in [5, 5.41) is 7.21. The Labute approximate surface area is 159 Å². The molecule has 0 saturated carbocycles. The predicted octanol–water partition coefficient (Wildman–Crippen LogP) is 1.20. The van der Waals surface area contributed by atoms with Gasteiger partial charge < -0.3 is 24.8 Å². The Morgan fingerprint density at radius 2 is 2.00 bits per heavy atom. The van der Waals surface area contributed by atoms with Crippen LogP contribution in [0.2, 0.25) is 0 Å². The Kier molecular flexibility index (Phi) is 6.12. The van der Waals surface area contributed by atoms with E-state index >= 15 is 0 Å². The van der Waals surface area contributed by atoms with Crippen molar-refractivity contribution in [1.82, 2.24) is 24.6 Å². The number of carbonyl (C=O) groups excluding carboxylic acids is 1. The molecule has 2 amide bonds. The van der Waals surface area contributed by atoms with Crippen molar-refractivity contribution in [2.24, 2.45) is 0 Å². The number of pyridine rings is 1. The summed E-state index contributed by atoms with van der Waals surface area (Å²) in [6.07, 6.45) is 5.26. The number of nitrogens with one attached hydrogen (secondary N) is 1. The highest BCUT2D eigenvalue weighted by molar-refractivity contribution is 5.89. The minimum atomic E-state index is -0.0931. The molecule has 1 fully saturated rings. The van der Waals surface area contributed by atoms with Crippen molar-refractivity contribution in [3.8, 4) is 5.75 Å². The van der Waals surface area contributed by atoms with Crippen LogP contribution in [0.5, 0.6) is 5.75 Å². The van der Waals surface area contributed by atoms with Crippen molar-refractivity contribution >= 4 is 17.5 Å². The summed E-state index contributed by atoms with van der Waals surface area (Å²) in [6, 6.07) is 3.75. The summed E-state index contributed by atoms with van der Waals surface area (Å²) in [5.41, 5.74) is 0.720. The lowest BCUT2D eigenvalue weighted by molar-refractivity contribution is 0.208. The monoisotopic (exact) mass is 373 g/mol. The molecule has 2 aromatic heterocycles. The van der Waals surface area contributed by atoms with Gasteiger partial charge in [0.25, 0.3) is 0 Å². The fraction of sp³-hybridized carbons (Fsp3) is 0.500. The summed E-state index contributed by atoms with van der Waals surface area (Å²) in [5.74, 6) is 1.64. The molecular formula is C18H27N7O2. The average Bonchev–Trinajstić information content (AvgIpc) is 3.14. The van der Waals surface area contributed by atoms with E-state index < -0.39 is 0 Å². The van der Waals surface area contributed by atoms with Gasteiger partial charge in [0.2, 0.25) is 0 Å². The second kappa shape index (κ2) is 8.72. The number of likely N-dealkylation sites (N-methyl/N-ethyl adjacent to an activating group) is 1. The normalized spacial score (nSPS) is 14.5. The topological polar surface area (TPSA) is 78.8 Å². The number of ether oxygens (including phenoxy) is 1. The lowest BCUT2D eigenvalue weighted by Gasteiger charge is -2.35. The lowest BCUT2D eigenvalue weighted by atomic mass is 10.3. The number of urea groups is 1. The molecule has 146 valence electrons. The van der Waals surface area contributed by atoms with Gasteiger partial charge in [0.1, 0.15) is 11.6 Å². The van der Waals surface area contributed by atoms with Crippen LogP contribution in [0, 0.1) is 0 Å². The van der Waals surface area contributed by atoms with E-state index in [-0.39, 0.29) is 6.03 Å². The molecule has 1 aliphatic heterocycles.